The number of amides is 1. The Kier molecular flexibility index (Phi) is 6.00. The summed E-state index contributed by atoms with van der Waals surface area (Å²) >= 11 is 0. The first-order valence-corrected chi connectivity index (χ1v) is 9.97. The van der Waals surface area contributed by atoms with Gasteiger partial charge in [0.15, 0.2) is 0 Å². The summed E-state index contributed by atoms with van der Waals surface area (Å²) in [4.78, 5) is 12.7. The maximum absolute atomic E-state index is 13.6. The number of methoxy groups -OCH3 is 1. The van der Waals surface area contributed by atoms with Gasteiger partial charge in [-0.15, -0.1) is 0 Å². The predicted molar refractivity (Wildman–Crippen MR) is 123 cm³/mol. The molecule has 1 N–H and O–H groups in total. The lowest BCUT2D eigenvalue weighted by Crippen LogP contribution is -2.13. The number of carbonyl (C=O) groups excluding carboxylic acids is 1. The predicted octanol–water partition coefficient (Wildman–Crippen LogP) is 5.38. The van der Waals surface area contributed by atoms with Crippen molar-refractivity contribution in [1.29, 1.82) is 5.26 Å². The van der Waals surface area contributed by atoms with Crippen LogP contribution in [0.2, 0.25) is 0 Å². The summed E-state index contributed by atoms with van der Waals surface area (Å²) in [7, 11) is 1.56. The Morgan fingerprint density at radius 3 is 2.62 bits per heavy atom. The monoisotopic (exact) mass is 425 g/mol. The zero-order chi connectivity index (χ0) is 22.5. The summed E-state index contributed by atoms with van der Waals surface area (Å²) in [6.45, 7) is 0.464. The van der Waals surface area contributed by atoms with E-state index in [9.17, 15) is 14.4 Å². The highest BCUT2D eigenvalue weighted by Gasteiger charge is 2.13. The fourth-order valence-corrected chi connectivity index (χ4v) is 3.53. The number of ether oxygens (including phenoxy) is 1. The van der Waals surface area contributed by atoms with Crippen LogP contribution in [0.25, 0.3) is 17.0 Å². The molecule has 0 atom stereocenters. The number of hydrogen-bond donors (Lipinski definition) is 1. The molecule has 0 unspecified atom stereocenters. The summed E-state index contributed by atoms with van der Waals surface area (Å²) < 4.78 is 20.7. The molecular weight excluding hydrogens is 405 g/mol. The molecule has 158 valence electrons. The maximum Gasteiger partial charge on any atom is 0.266 e. The van der Waals surface area contributed by atoms with Crippen LogP contribution < -0.4 is 10.1 Å². The van der Waals surface area contributed by atoms with Gasteiger partial charge in [-0.2, -0.15) is 5.26 Å². The molecule has 0 aliphatic heterocycles. The van der Waals surface area contributed by atoms with Crippen molar-refractivity contribution < 1.29 is 13.9 Å². The molecule has 1 aromatic heterocycles. The zero-order valence-electron chi connectivity index (χ0n) is 17.4. The van der Waals surface area contributed by atoms with E-state index >= 15 is 0 Å². The van der Waals surface area contributed by atoms with E-state index in [2.05, 4.69) is 5.32 Å². The van der Waals surface area contributed by atoms with Crippen molar-refractivity contribution in [3.8, 4) is 11.8 Å². The zero-order valence-corrected chi connectivity index (χ0v) is 17.4. The van der Waals surface area contributed by atoms with Crippen LogP contribution in [0.1, 0.15) is 11.1 Å². The summed E-state index contributed by atoms with van der Waals surface area (Å²) in [6.07, 6.45) is 3.44. The van der Waals surface area contributed by atoms with Crippen LogP contribution in [0.5, 0.6) is 5.75 Å². The van der Waals surface area contributed by atoms with Crippen molar-refractivity contribution in [2.45, 2.75) is 6.54 Å². The number of para-hydroxylation sites is 1. The largest absolute Gasteiger partial charge is 0.497 e. The minimum absolute atomic E-state index is 0.0190. The van der Waals surface area contributed by atoms with E-state index in [1.807, 2.05) is 47.2 Å². The fraction of sp³-hybridized carbons (Fsp3) is 0.0769. The van der Waals surface area contributed by atoms with Gasteiger partial charge < -0.3 is 14.6 Å². The molecule has 0 aliphatic rings. The number of nitrogens with zero attached hydrogens (tertiary/aromatic N) is 2. The minimum Gasteiger partial charge on any atom is -0.497 e. The van der Waals surface area contributed by atoms with Crippen molar-refractivity contribution in [2.24, 2.45) is 0 Å². The molecule has 0 saturated carbocycles. The molecule has 0 spiro atoms. The molecule has 0 bridgehead atoms. The average molecular weight is 425 g/mol. The highest BCUT2D eigenvalue weighted by molar-refractivity contribution is 6.10. The highest BCUT2D eigenvalue weighted by atomic mass is 19.1. The smallest absolute Gasteiger partial charge is 0.266 e. The van der Waals surface area contributed by atoms with Crippen LogP contribution in [-0.2, 0) is 11.3 Å². The van der Waals surface area contributed by atoms with Gasteiger partial charge in [-0.25, -0.2) is 4.39 Å². The number of nitrogens with one attached hydrogen (secondary N) is 1. The number of anilines is 1. The molecule has 3 aromatic carbocycles. The first-order chi connectivity index (χ1) is 15.6. The number of carbonyl (C=O) groups is 1. The van der Waals surface area contributed by atoms with E-state index < -0.39 is 5.91 Å². The minimum atomic E-state index is -0.500. The molecule has 0 aliphatic carbocycles. The van der Waals surface area contributed by atoms with Crippen molar-refractivity contribution in [2.75, 3.05) is 12.4 Å². The molecule has 0 saturated heterocycles. The van der Waals surface area contributed by atoms with Gasteiger partial charge >= 0.3 is 0 Å². The van der Waals surface area contributed by atoms with Crippen molar-refractivity contribution >= 4 is 28.6 Å². The van der Waals surface area contributed by atoms with E-state index in [1.165, 1.54) is 12.1 Å². The topological polar surface area (TPSA) is 67.0 Å². The molecule has 1 amide bonds. The fourth-order valence-electron chi connectivity index (χ4n) is 3.53. The van der Waals surface area contributed by atoms with E-state index in [4.69, 9.17) is 4.74 Å². The summed E-state index contributed by atoms with van der Waals surface area (Å²) in [6, 6.07) is 23.0. The Bertz CT molecular complexity index is 1350. The Balaban J connectivity index is 1.65. The van der Waals surface area contributed by atoms with Gasteiger partial charge in [-0.3, -0.25) is 4.79 Å². The Morgan fingerprint density at radius 2 is 1.91 bits per heavy atom. The van der Waals surface area contributed by atoms with Gasteiger partial charge in [-0.1, -0.05) is 30.3 Å². The third-order valence-electron chi connectivity index (χ3n) is 5.07. The van der Waals surface area contributed by atoms with Gasteiger partial charge in [0.05, 0.1) is 7.11 Å². The Morgan fingerprint density at radius 1 is 1.12 bits per heavy atom. The quantitative estimate of drug-likeness (QED) is 0.333. The van der Waals surface area contributed by atoms with Gasteiger partial charge in [0, 0.05) is 34.9 Å². The number of benzene rings is 3. The maximum atomic E-state index is 13.6. The van der Waals surface area contributed by atoms with Crippen LogP contribution >= 0.6 is 0 Å². The second-order valence-corrected chi connectivity index (χ2v) is 7.21. The third kappa shape index (κ3) is 4.52. The average Bonchev–Trinajstić information content (AvgIpc) is 3.15. The second kappa shape index (κ2) is 9.19. The first-order valence-electron chi connectivity index (χ1n) is 9.97. The van der Waals surface area contributed by atoms with Gasteiger partial charge in [0.25, 0.3) is 5.91 Å². The molecule has 4 aromatic rings. The van der Waals surface area contributed by atoms with E-state index in [-0.39, 0.29) is 11.4 Å². The van der Waals surface area contributed by atoms with E-state index in [1.54, 1.807) is 43.5 Å². The number of nitriles is 1. The van der Waals surface area contributed by atoms with Crippen LogP contribution in [0, 0.1) is 17.1 Å². The number of fused-ring (bicyclic) bond motifs is 1. The lowest BCUT2D eigenvalue weighted by molar-refractivity contribution is -0.112. The summed E-state index contributed by atoms with van der Waals surface area (Å²) in [5, 5.41) is 13.2. The molecule has 5 nitrogen and oxygen atoms in total. The number of aromatic nitrogens is 1. The summed E-state index contributed by atoms with van der Waals surface area (Å²) in [5.41, 5.74) is 3.02. The second-order valence-electron chi connectivity index (χ2n) is 7.21. The Hall–Kier alpha value is -4.37. The lowest BCUT2D eigenvalue weighted by atomic mass is 10.1. The lowest BCUT2D eigenvalue weighted by Gasteiger charge is -2.05. The van der Waals surface area contributed by atoms with Crippen molar-refractivity contribution in [3.63, 3.8) is 0 Å². The molecule has 6 heteroatoms. The van der Waals surface area contributed by atoms with Gasteiger partial charge in [-0.05, 0) is 54.1 Å². The molecule has 4 rings (SSSR count). The first kappa shape index (κ1) is 20.9. The Labute approximate surface area is 185 Å². The molecular formula is C26H20FN3O2. The SMILES string of the molecule is COc1ccc(NC(=O)/C(C#N)=C\c2cn(Cc3cccc(F)c3)c3ccccc23)cc1. The third-order valence-corrected chi connectivity index (χ3v) is 5.07. The van der Waals surface area contributed by atoms with Crippen molar-refractivity contribution in [1.82, 2.24) is 4.57 Å². The van der Waals surface area contributed by atoms with Gasteiger partial charge in [0.1, 0.15) is 23.2 Å². The molecule has 0 radical (unpaired) electrons. The normalized spacial score (nSPS) is 11.2. The molecule has 32 heavy (non-hydrogen) atoms. The van der Waals surface area contributed by atoms with E-state index in [0.717, 1.165) is 22.0 Å². The van der Waals surface area contributed by atoms with Crippen LogP contribution in [-0.4, -0.2) is 17.6 Å². The van der Waals surface area contributed by atoms with E-state index in [0.29, 0.717) is 18.0 Å². The molecule has 0 fully saturated rings. The van der Waals surface area contributed by atoms with Crippen LogP contribution in [0.15, 0.2) is 84.6 Å². The van der Waals surface area contributed by atoms with Crippen LogP contribution in [0.4, 0.5) is 10.1 Å². The number of rotatable bonds is 6. The van der Waals surface area contributed by atoms with Crippen molar-refractivity contribution in [3.05, 3.63) is 102 Å². The number of hydrogen-bond acceptors (Lipinski definition) is 3. The molecule has 1 heterocycles. The highest BCUT2D eigenvalue weighted by Crippen LogP contribution is 2.25. The van der Waals surface area contributed by atoms with Gasteiger partial charge in [0.2, 0.25) is 0 Å². The summed E-state index contributed by atoms with van der Waals surface area (Å²) in [5.74, 6) is -0.120. The number of halogens is 1. The standard InChI is InChI=1S/C26H20FN3O2/c1-32-23-11-9-22(10-12-23)29-26(31)19(15-28)14-20-17-30(25-8-3-2-7-24(20)25)16-18-5-4-6-21(27)13-18/h2-14,17H,16H2,1H3,(H,29,31)/b19-14-. The van der Waals surface area contributed by atoms with Crippen LogP contribution in [0.3, 0.4) is 0 Å².